The highest BCUT2D eigenvalue weighted by Gasteiger charge is 2.38. The summed E-state index contributed by atoms with van der Waals surface area (Å²) < 4.78 is 6.55. The summed E-state index contributed by atoms with van der Waals surface area (Å²) in [6, 6.07) is 15.0. The van der Waals surface area contributed by atoms with Crippen LogP contribution in [0.25, 0.3) is 5.57 Å². The van der Waals surface area contributed by atoms with Crippen LogP contribution in [-0.2, 0) is 12.8 Å². The van der Waals surface area contributed by atoms with Crippen LogP contribution in [0.5, 0.6) is 11.5 Å². The number of benzene rings is 2. The van der Waals surface area contributed by atoms with Crippen LogP contribution < -0.4 is 4.74 Å². The first-order chi connectivity index (χ1) is 19.0. The highest BCUT2D eigenvalue weighted by molar-refractivity contribution is 5.82. The van der Waals surface area contributed by atoms with E-state index in [1.165, 1.54) is 99.3 Å². The number of hydrogen-bond acceptors (Lipinski definition) is 3. The zero-order valence-corrected chi connectivity index (χ0v) is 25.1. The van der Waals surface area contributed by atoms with Gasteiger partial charge in [-0.05, 0) is 73.9 Å². The zero-order valence-electron chi connectivity index (χ0n) is 25.1. The fourth-order valence-corrected chi connectivity index (χ4v) is 6.53. The van der Waals surface area contributed by atoms with E-state index in [1.54, 1.807) is 0 Å². The minimum atomic E-state index is -0.324. The van der Waals surface area contributed by atoms with E-state index in [1.807, 2.05) is 6.07 Å². The van der Waals surface area contributed by atoms with Gasteiger partial charge in [-0.15, -0.1) is 0 Å². The van der Waals surface area contributed by atoms with Crippen LogP contribution in [0, 0.1) is 0 Å². The molecule has 2 heterocycles. The fourth-order valence-electron chi connectivity index (χ4n) is 6.53. The maximum absolute atomic E-state index is 11.2. The van der Waals surface area contributed by atoms with Gasteiger partial charge in [0.2, 0.25) is 0 Å². The third-order valence-electron chi connectivity index (χ3n) is 8.84. The van der Waals surface area contributed by atoms with E-state index < -0.39 is 0 Å². The van der Waals surface area contributed by atoms with Gasteiger partial charge in [-0.25, -0.2) is 0 Å². The first-order valence-corrected chi connectivity index (χ1v) is 16.0. The van der Waals surface area contributed by atoms with Crippen molar-refractivity contribution in [3.05, 3.63) is 64.7 Å². The first-order valence-electron chi connectivity index (χ1n) is 16.0. The van der Waals surface area contributed by atoms with Gasteiger partial charge >= 0.3 is 0 Å². The first kappa shape index (κ1) is 29.7. The molecule has 0 aromatic heterocycles. The van der Waals surface area contributed by atoms with Crippen LogP contribution in [0.1, 0.15) is 121 Å². The van der Waals surface area contributed by atoms with E-state index in [2.05, 4.69) is 62.1 Å². The molecule has 2 aromatic carbocycles. The molecular weight excluding hydrogens is 478 g/mol. The van der Waals surface area contributed by atoms with Crippen molar-refractivity contribution in [2.45, 2.75) is 123 Å². The average molecular weight is 532 g/mol. The number of fused-ring (bicyclic) bond motifs is 2. The van der Waals surface area contributed by atoms with Crippen LogP contribution >= 0.6 is 0 Å². The van der Waals surface area contributed by atoms with Crippen molar-refractivity contribution in [2.24, 2.45) is 0 Å². The van der Waals surface area contributed by atoms with Crippen molar-refractivity contribution in [1.29, 1.82) is 0 Å². The minimum Gasteiger partial charge on any atom is -0.507 e. The summed E-state index contributed by atoms with van der Waals surface area (Å²) in [6.07, 6.45) is 19.4. The minimum absolute atomic E-state index is 0.324. The number of aryl methyl sites for hydroxylation is 1. The molecule has 0 unspecified atom stereocenters. The predicted octanol–water partition coefficient (Wildman–Crippen LogP) is 9.51. The van der Waals surface area contributed by atoms with Crippen LogP contribution in [0.15, 0.2) is 48.0 Å². The molecule has 3 nitrogen and oxygen atoms in total. The van der Waals surface area contributed by atoms with Gasteiger partial charge in [0.25, 0.3) is 0 Å². The molecule has 0 atom stereocenters. The summed E-state index contributed by atoms with van der Waals surface area (Å²) in [5.74, 6) is 1.27. The number of ether oxygens (including phenoxy) is 1. The van der Waals surface area contributed by atoms with Crippen LogP contribution in [0.3, 0.4) is 0 Å². The smallest absolute Gasteiger partial charge is 0.132 e. The Balaban J connectivity index is 1.26. The monoisotopic (exact) mass is 531 g/mol. The Morgan fingerprint density at radius 1 is 0.795 bits per heavy atom. The maximum Gasteiger partial charge on any atom is 0.132 e. The molecule has 2 aliphatic heterocycles. The second-order valence-corrected chi connectivity index (χ2v) is 12.5. The van der Waals surface area contributed by atoms with E-state index in [4.69, 9.17) is 4.74 Å². The molecular formula is C36H53NO2. The normalized spacial score (nSPS) is 16.6. The molecule has 0 spiro atoms. The topological polar surface area (TPSA) is 32.7 Å². The fraction of sp³-hybridized carbons (Fsp3) is 0.611. The van der Waals surface area contributed by atoms with Gasteiger partial charge in [0, 0.05) is 19.6 Å². The van der Waals surface area contributed by atoms with E-state index in [0.717, 1.165) is 50.2 Å². The highest BCUT2D eigenvalue weighted by Crippen LogP contribution is 2.48. The summed E-state index contributed by atoms with van der Waals surface area (Å²) in [6.45, 7) is 9.64. The van der Waals surface area contributed by atoms with Crippen molar-refractivity contribution >= 4 is 5.57 Å². The van der Waals surface area contributed by atoms with Gasteiger partial charge in [-0.3, -0.25) is 4.90 Å². The molecule has 2 aromatic rings. The lowest BCUT2D eigenvalue weighted by Gasteiger charge is -2.42. The lowest BCUT2D eigenvalue weighted by Crippen LogP contribution is -2.42. The molecule has 2 aliphatic rings. The van der Waals surface area contributed by atoms with E-state index in [-0.39, 0.29) is 5.60 Å². The molecule has 1 N–H and O–H groups in total. The second-order valence-electron chi connectivity index (χ2n) is 12.5. The molecule has 0 amide bonds. The Hall–Kier alpha value is -2.26. The Morgan fingerprint density at radius 3 is 2.10 bits per heavy atom. The predicted molar refractivity (Wildman–Crippen MR) is 166 cm³/mol. The number of nitrogens with zero attached hydrogens (tertiary/aromatic N) is 1. The maximum atomic E-state index is 11.2. The molecule has 0 aliphatic carbocycles. The van der Waals surface area contributed by atoms with Crippen molar-refractivity contribution in [2.75, 3.05) is 19.6 Å². The molecule has 3 heteroatoms. The molecule has 4 rings (SSSR count). The van der Waals surface area contributed by atoms with Gasteiger partial charge in [-0.2, -0.15) is 0 Å². The molecule has 0 bridgehead atoms. The SMILES string of the molecule is CCCCCCCCCCCCCCc1cc(O)c2c(c1)OC(C)(C)C1=C2CN(CCc2ccccc2)CC1. The molecule has 0 saturated heterocycles. The molecule has 214 valence electrons. The second kappa shape index (κ2) is 14.9. The van der Waals surface area contributed by atoms with Crippen LogP contribution in [0.4, 0.5) is 0 Å². The number of hydrogen-bond donors (Lipinski definition) is 1. The number of aromatic hydroxyl groups is 1. The Bertz CT molecular complexity index is 1060. The third kappa shape index (κ3) is 8.61. The number of phenols is 1. The van der Waals surface area contributed by atoms with Gasteiger partial charge in [0.15, 0.2) is 0 Å². The lowest BCUT2D eigenvalue weighted by molar-refractivity contribution is 0.130. The molecule has 0 fully saturated rings. The summed E-state index contributed by atoms with van der Waals surface area (Å²) in [5, 5.41) is 11.2. The van der Waals surface area contributed by atoms with Crippen LogP contribution in [0.2, 0.25) is 0 Å². The standard InChI is InChI=1S/C36H53NO2/c1-4-5-6-7-8-9-10-11-12-13-14-16-21-30-26-33(38)35-31-28-37(24-22-29-19-17-15-18-20-29)25-23-32(31)36(2,3)39-34(35)27-30/h15,17-20,26-27,38H,4-14,16,21-25,28H2,1-3H3. The zero-order chi connectivity index (χ0) is 27.5. The van der Waals surface area contributed by atoms with Crippen molar-refractivity contribution in [3.8, 4) is 11.5 Å². The average Bonchev–Trinajstić information content (AvgIpc) is 2.92. The largest absolute Gasteiger partial charge is 0.507 e. The number of unbranched alkanes of at least 4 members (excludes halogenated alkanes) is 11. The lowest BCUT2D eigenvalue weighted by atomic mass is 9.81. The summed E-state index contributed by atoms with van der Waals surface area (Å²) in [7, 11) is 0. The Morgan fingerprint density at radius 2 is 1.44 bits per heavy atom. The molecule has 0 radical (unpaired) electrons. The highest BCUT2D eigenvalue weighted by atomic mass is 16.5. The van der Waals surface area contributed by atoms with Gasteiger partial charge < -0.3 is 9.84 Å². The van der Waals surface area contributed by atoms with E-state index in [0.29, 0.717) is 5.75 Å². The Kier molecular flexibility index (Phi) is 11.4. The Labute approximate surface area is 238 Å². The summed E-state index contributed by atoms with van der Waals surface area (Å²) >= 11 is 0. The summed E-state index contributed by atoms with van der Waals surface area (Å²) in [4.78, 5) is 2.54. The van der Waals surface area contributed by atoms with E-state index in [9.17, 15) is 5.11 Å². The van der Waals surface area contributed by atoms with Gasteiger partial charge in [0.1, 0.15) is 17.1 Å². The van der Waals surface area contributed by atoms with Crippen molar-refractivity contribution in [3.63, 3.8) is 0 Å². The quantitative estimate of drug-likeness (QED) is 0.219. The van der Waals surface area contributed by atoms with Gasteiger partial charge in [-0.1, -0.05) is 108 Å². The third-order valence-corrected chi connectivity index (χ3v) is 8.84. The van der Waals surface area contributed by atoms with Crippen molar-refractivity contribution < 1.29 is 9.84 Å². The molecule has 0 saturated carbocycles. The summed E-state index contributed by atoms with van der Waals surface area (Å²) in [5.41, 5.74) is 5.84. The number of rotatable bonds is 16. The van der Waals surface area contributed by atoms with Gasteiger partial charge in [0.05, 0.1) is 5.56 Å². The van der Waals surface area contributed by atoms with Crippen molar-refractivity contribution in [1.82, 2.24) is 4.90 Å². The molecule has 39 heavy (non-hydrogen) atoms. The number of phenolic OH excluding ortho intramolecular Hbond substituents is 1. The van der Waals surface area contributed by atoms with E-state index >= 15 is 0 Å². The van der Waals surface area contributed by atoms with Crippen LogP contribution in [-0.4, -0.2) is 35.2 Å².